The molecule has 0 amide bonds. The van der Waals surface area contributed by atoms with Crippen molar-refractivity contribution in [3.8, 4) is 0 Å². The Morgan fingerprint density at radius 3 is 2.52 bits per heavy atom. The van der Waals surface area contributed by atoms with E-state index in [1.165, 1.54) is 0 Å². The molecule has 0 aliphatic carbocycles. The number of aliphatic carboxylic acids is 1. The van der Waals surface area contributed by atoms with E-state index >= 15 is 0 Å². The van der Waals surface area contributed by atoms with Gasteiger partial charge in [0.1, 0.15) is 0 Å². The van der Waals surface area contributed by atoms with Crippen LogP contribution in [0.2, 0.25) is 5.02 Å². The number of ether oxygens (including phenoxy) is 1. The Hall–Kier alpha value is -2.27. The minimum atomic E-state index is -1.08. The number of nitrogens with one attached hydrogen (secondary N) is 1. The fraction of sp³-hybridized carbons (Fsp3) is 0.368. The number of hydrogen-bond donors (Lipinski definition) is 2. The van der Waals surface area contributed by atoms with Crippen LogP contribution in [0.1, 0.15) is 45.1 Å². The zero-order valence-corrected chi connectivity index (χ0v) is 15.3. The zero-order valence-electron chi connectivity index (χ0n) is 14.6. The van der Waals surface area contributed by atoms with Crippen molar-refractivity contribution in [2.45, 2.75) is 39.5 Å². The van der Waals surface area contributed by atoms with Crippen molar-refractivity contribution in [1.29, 1.82) is 0 Å². The van der Waals surface area contributed by atoms with Gasteiger partial charge in [0.25, 0.3) is 0 Å². The predicted octanol–water partition coefficient (Wildman–Crippen LogP) is 4.00. The standard InChI is InChI=1S/C19H22ClNO4/c1-4-5-9-25-19(24)16-12(3)21-11(2)15(18(22)23)17(16)13-7-6-8-14(20)10-13/h6-8,10,17,21H,4-5,9H2,1-3H3,(H,22,23). The lowest BCUT2D eigenvalue weighted by Crippen LogP contribution is -2.31. The van der Waals surface area contributed by atoms with Gasteiger partial charge in [0.15, 0.2) is 0 Å². The average Bonchev–Trinajstić information content (AvgIpc) is 2.53. The molecular weight excluding hydrogens is 342 g/mol. The Kier molecular flexibility index (Phi) is 6.26. The Balaban J connectivity index is 2.52. The van der Waals surface area contributed by atoms with Crippen LogP contribution in [0.3, 0.4) is 0 Å². The topological polar surface area (TPSA) is 75.6 Å². The van der Waals surface area contributed by atoms with Crippen LogP contribution in [0.25, 0.3) is 0 Å². The van der Waals surface area contributed by atoms with Crippen molar-refractivity contribution in [2.75, 3.05) is 6.61 Å². The maximum Gasteiger partial charge on any atom is 0.336 e. The number of rotatable bonds is 6. The van der Waals surface area contributed by atoms with Crippen molar-refractivity contribution >= 4 is 23.5 Å². The second kappa shape index (κ2) is 8.21. The summed E-state index contributed by atoms with van der Waals surface area (Å²) in [5.41, 5.74) is 2.17. The van der Waals surface area contributed by atoms with E-state index in [4.69, 9.17) is 16.3 Å². The number of benzene rings is 1. The van der Waals surface area contributed by atoms with Gasteiger partial charge >= 0.3 is 11.9 Å². The molecule has 0 saturated carbocycles. The molecule has 0 bridgehead atoms. The number of carboxylic acids is 1. The van der Waals surface area contributed by atoms with Crippen LogP contribution in [0, 0.1) is 0 Å². The Morgan fingerprint density at radius 2 is 1.92 bits per heavy atom. The second-order valence-corrected chi connectivity index (χ2v) is 6.42. The molecule has 6 heteroatoms. The van der Waals surface area contributed by atoms with Gasteiger partial charge in [0.2, 0.25) is 0 Å². The lowest BCUT2D eigenvalue weighted by molar-refractivity contribution is -0.139. The summed E-state index contributed by atoms with van der Waals surface area (Å²) < 4.78 is 5.35. The third-order valence-electron chi connectivity index (χ3n) is 4.12. The molecule has 1 aliphatic rings. The van der Waals surface area contributed by atoms with Gasteiger partial charge in [-0.05, 0) is 38.0 Å². The van der Waals surface area contributed by atoms with Crippen LogP contribution in [0.15, 0.2) is 46.8 Å². The normalized spacial score (nSPS) is 17.4. The van der Waals surface area contributed by atoms with Gasteiger partial charge in [-0.3, -0.25) is 0 Å². The van der Waals surface area contributed by atoms with Crippen molar-refractivity contribution in [3.63, 3.8) is 0 Å². The summed E-state index contributed by atoms with van der Waals surface area (Å²) >= 11 is 6.08. The quantitative estimate of drug-likeness (QED) is 0.590. The molecule has 1 heterocycles. The summed E-state index contributed by atoms with van der Waals surface area (Å²) in [6, 6.07) is 6.90. The molecule has 0 aromatic heterocycles. The summed E-state index contributed by atoms with van der Waals surface area (Å²) in [6.45, 7) is 5.74. The molecular formula is C19H22ClNO4. The lowest BCUT2D eigenvalue weighted by Gasteiger charge is -2.29. The molecule has 2 N–H and O–H groups in total. The van der Waals surface area contributed by atoms with Gasteiger partial charge in [0.05, 0.1) is 23.7 Å². The molecule has 0 radical (unpaired) electrons. The number of halogens is 1. The van der Waals surface area contributed by atoms with Crippen molar-refractivity contribution in [3.05, 3.63) is 57.4 Å². The molecule has 1 atom stereocenters. The van der Waals surface area contributed by atoms with Crippen molar-refractivity contribution in [1.82, 2.24) is 5.32 Å². The largest absolute Gasteiger partial charge is 0.478 e. The van der Waals surface area contributed by atoms with Gasteiger partial charge in [-0.1, -0.05) is 37.1 Å². The van der Waals surface area contributed by atoms with Gasteiger partial charge in [-0.2, -0.15) is 0 Å². The molecule has 1 unspecified atom stereocenters. The molecule has 0 saturated heterocycles. The van der Waals surface area contributed by atoms with Crippen molar-refractivity contribution in [2.24, 2.45) is 0 Å². The third-order valence-corrected chi connectivity index (χ3v) is 4.36. The van der Waals surface area contributed by atoms with E-state index in [1.807, 2.05) is 6.92 Å². The number of hydrogen-bond acceptors (Lipinski definition) is 4. The highest BCUT2D eigenvalue weighted by atomic mass is 35.5. The number of unbranched alkanes of at least 4 members (excludes halogenated alkanes) is 1. The van der Waals surface area contributed by atoms with E-state index in [-0.39, 0.29) is 5.57 Å². The first kappa shape index (κ1) is 19.1. The second-order valence-electron chi connectivity index (χ2n) is 5.98. The maximum absolute atomic E-state index is 12.7. The van der Waals surface area contributed by atoms with Crippen LogP contribution in [-0.4, -0.2) is 23.7 Å². The zero-order chi connectivity index (χ0) is 18.6. The first-order valence-electron chi connectivity index (χ1n) is 8.21. The van der Waals surface area contributed by atoms with Gasteiger partial charge in [0, 0.05) is 16.4 Å². The minimum Gasteiger partial charge on any atom is -0.478 e. The summed E-state index contributed by atoms with van der Waals surface area (Å²) in [4.78, 5) is 24.5. The molecule has 134 valence electrons. The fourth-order valence-electron chi connectivity index (χ4n) is 2.95. The minimum absolute atomic E-state index is 0.121. The first-order valence-corrected chi connectivity index (χ1v) is 8.59. The van der Waals surface area contributed by atoms with Crippen LogP contribution in [-0.2, 0) is 14.3 Å². The smallest absolute Gasteiger partial charge is 0.336 e. The third kappa shape index (κ3) is 4.23. The number of dihydropyridines is 1. The number of carbonyl (C=O) groups excluding carboxylic acids is 1. The monoisotopic (exact) mass is 363 g/mol. The summed E-state index contributed by atoms with van der Waals surface area (Å²) in [6.07, 6.45) is 1.66. The highest BCUT2D eigenvalue weighted by Crippen LogP contribution is 2.39. The van der Waals surface area contributed by atoms with Gasteiger partial charge < -0.3 is 15.2 Å². The van der Waals surface area contributed by atoms with E-state index in [1.54, 1.807) is 38.1 Å². The molecule has 1 aromatic rings. The molecule has 1 aliphatic heterocycles. The van der Waals surface area contributed by atoms with Crippen LogP contribution >= 0.6 is 11.6 Å². The van der Waals surface area contributed by atoms with Crippen LogP contribution in [0.4, 0.5) is 0 Å². The average molecular weight is 364 g/mol. The van der Waals surface area contributed by atoms with E-state index < -0.39 is 17.9 Å². The summed E-state index contributed by atoms with van der Waals surface area (Å²) in [7, 11) is 0. The molecule has 25 heavy (non-hydrogen) atoms. The molecule has 2 rings (SSSR count). The first-order chi connectivity index (χ1) is 11.9. The number of carbonyl (C=O) groups is 2. The van der Waals surface area contributed by atoms with E-state index in [2.05, 4.69) is 5.32 Å². The Bertz CT molecular complexity index is 752. The fourth-order valence-corrected chi connectivity index (χ4v) is 3.15. The molecule has 1 aromatic carbocycles. The summed E-state index contributed by atoms with van der Waals surface area (Å²) in [5, 5.41) is 13.2. The summed E-state index contributed by atoms with van der Waals surface area (Å²) in [5.74, 6) is -2.32. The molecule has 0 fully saturated rings. The Labute approximate surface area is 152 Å². The van der Waals surface area contributed by atoms with Crippen molar-refractivity contribution < 1.29 is 19.4 Å². The van der Waals surface area contributed by atoms with Crippen LogP contribution < -0.4 is 5.32 Å². The predicted molar refractivity (Wildman–Crippen MR) is 96.2 cm³/mol. The van der Waals surface area contributed by atoms with E-state index in [0.29, 0.717) is 34.2 Å². The number of carboxylic acid groups (broad SMARTS) is 1. The Morgan fingerprint density at radius 1 is 1.24 bits per heavy atom. The van der Waals surface area contributed by atoms with E-state index in [0.717, 1.165) is 12.8 Å². The van der Waals surface area contributed by atoms with Gasteiger partial charge in [-0.15, -0.1) is 0 Å². The number of esters is 1. The maximum atomic E-state index is 12.7. The van der Waals surface area contributed by atoms with Crippen LogP contribution in [0.5, 0.6) is 0 Å². The van der Waals surface area contributed by atoms with Gasteiger partial charge in [-0.25, -0.2) is 9.59 Å². The van der Waals surface area contributed by atoms with E-state index in [9.17, 15) is 14.7 Å². The molecule has 0 spiro atoms. The SMILES string of the molecule is CCCCOC(=O)C1=C(C)NC(C)=C(C(=O)O)C1c1cccc(Cl)c1. The lowest BCUT2D eigenvalue weighted by atomic mass is 9.80. The number of allylic oxidation sites excluding steroid dienone is 2. The molecule has 5 nitrogen and oxygen atoms in total. The highest BCUT2D eigenvalue weighted by molar-refractivity contribution is 6.30. The highest BCUT2D eigenvalue weighted by Gasteiger charge is 2.37.